The molecule has 3 N–H and O–H groups in total. The maximum absolute atomic E-state index is 11.1. The van der Waals surface area contributed by atoms with E-state index in [1.165, 1.54) is 6.33 Å². The molecule has 0 spiro atoms. The lowest BCUT2D eigenvalue weighted by Crippen LogP contribution is -2.21. The van der Waals surface area contributed by atoms with Gasteiger partial charge in [-0.3, -0.25) is 10.1 Å². The van der Waals surface area contributed by atoms with Crippen LogP contribution in [0.1, 0.15) is 19.3 Å². The molecule has 1 aromatic heterocycles. The highest BCUT2D eigenvalue weighted by molar-refractivity contribution is 5.68. The molecule has 0 aliphatic heterocycles. The summed E-state index contributed by atoms with van der Waals surface area (Å²) < 4.78 is 0. The Kier molecular flexibility index (Phi) is 4.67. The van der Waals surface area contributed by atoms with Crippen molar-refractivity contribution in [3.63, 3.8) is 0 Å². The lowest BCUT2D eigenvalue weighted by molar-refractivity contribution is -0.383. The largest absolute Gasteiger partial charge is 0.396 e. The van der Waals surface area contributed by atoms with E-state index in [4.69, 9.17) is 0 Å². The van der Waals surface area contributed by atoms with E-state index < -0.39 is 4.92 Å². The van der Waals surface area contributed by atoms with Crippen LogP contribution in [0.4, 0.5) is 17.3 Å². The predicted molar refractivity (Wildman–Crippen MR) is 74.6 cm³/mol. The smallest absolute Gasteiger partial charge is 0.353 e. The van der Waals surface area contributed by atoms with E-state index >= 15 is 0 Å². The number of nitrogens with one attached hydrogen (secondary N) is 2. The SMILES string of the molecule is CNc1ncnc(NCC2CCCC2CO)c1[N+](=O)[O-]. The van der Waals surface area contributed by atoms with Gasteiger partial charge in [-0.1, -0.05) is 6.42 Å². The van der Waals surface area contributed by atoms with Crippen molar-refractivity contribution in [2.75, 3.05) is 30.8 Å². The van der Waals surface area contributed by atoms with Gasteiger partial charge in [-0.05, 0) is 24.7 Å². The number of nitrogens with zero attached hydrogens (tertiary/aromatic N) is 3. The molecule has 2 atom stereocenters. The first-order chi connectivity index (χ1) is 9.67. The van der Waals surface area contributed by atoms with Crippen molar-refractivity contribution in [2.45, 2.75) is 19.3 Å². The minimum atomic E-state index is -0.494. The Morgan fingerprint density at radius 2 is 2.10 bits per heavy atom. The van der Waals surface area contributed by atoms with Crippen molar-refractivity contribution in [2.24, 2.45) is 11.8 Å². The van der Waals surface area contributed by atoms with E-state index in [0.717, 1.165) is 19.3 Å². The quantitative estimate of drug-likeness (QED) is 0.531. The Morgan fingerprint density at radius 3 is 2.75 bits per heavy atom. The monoisotopic (exact) mass is 281 g/mol. The van der Waals surface area contributed by atoms with Gasteiger partial charge < -0.3 is 15.7 Å². The summed E-state index contributed by atoms with van der Waals surface area (Å²) in [4.78, 5) is 18.4. The summed E-state index contributed by atoms with van der Waals surface area (Å²) in [5.41, 5.74) is -0.145. The third-order valence-corrected chi connectivity index (χ3v) is 3.82. The van der Waals surface area contributed by atoms with Crippen molar-refractivity contribution in [3.05, 3.63) is 16.4 Å². The minimum Gasteiger partial charge on any atom is -0.396 e. The summed E-state index contributed by atoms with van der Waals surface area (Å²) in [7, 11) is 1.58. The Balaban J connectivity index is 2.11. The van der Waals surface area contributed by atoms with Crippen molar-refractivity contribution in [1.29, 1.82) is 0 Å². The van der Waals surface area contributed by atoms with E-state index in [2.05, 4.69) is 20.6 Å². The fraction of sp³-hybridized carbons (Fsp3) is 0.667. The summed E-state index contributed by atoms with van der Waals surface area (Å²) >= 11 is 0. The van der Waals surface area contributed by atoms with Crippen LogP contribution in [-0.4, -0.2) is 40.2 Å². The third kappa shape index (κ3) is 2.96. The zero-order valence-corrected chi connectivity index (χ0v) is 11.4. The van der Waals surface area contributed by atoms with Crippen molar-refractivity contribution < 1.29 is 10.0 Å². The van der Waals surface area contributed by atoms with Crippen LogP contribution in [0.25, 0.3) is 0 Å². The van der Waals surface area contributed by atoms with Crippen LogP contribution in [0.3, 0.4) is 0 Å². The molecule has 0 saturated heterocycles. The first-order valence-corrected chi connectivity index (χ1v) is 6.69. The summed E-state index contributed by atoms with van der Waals surface area (Å²) in [6.45, 7) is 0.742. The van der Waals surface area contributed by atoms with Crippen LogP contribution in [0.2, 0.25) is 0 Å². The summed E-state index contributed by atoms with van der Waals surface area (Å²) in [6.07, 6.45) is 4.41. The van der Waals surface area contributed by atoms with Gasteiger partial charge >= 0.3 is 5.69 Å². The number of aromatic nitrogens is 2. The molecule has 110 valence electrons. The molecular weight excluding hydrogens is 262 g/mol. The maximum atomic E-state index is 11.1. The van der Waals surface area contributed by atoms with Gasteiger partial charge in [-0.15, -0.1) is 0 Å². The highest BCUT2D eigenvalue weighted by atomic mass is 16.6. The number of rotatable bonds is 6. The van der Waals surface area contributed by atoms with Crippen LogP contribution in [0.15, 0.2) is 6.33 Å². The number of hydrogen-bond donors (Lipinski definition) is 3. The molecule has 0 radical (unpaired) electrons. The second-order valence-electron chi connectivity index (χ2n) is 4.94. The second kappa shape index (κ2) is 6.47. The van der Waals surface area contributed by atoms with E-state index in [1.54, 1.807) is 7.05 Å². The lowest BCUT2D eigenvalue weighted by Gasteiger charge is -2.18. The molecule has 1 heterocycles. The highest BCUT2D eigenvalue weighted by Crippen LogP contribution is 2.33. The van der Waals surface area contributed by atoms with Gasteiger partial charge in [0.25, 0.3) is 0 Å². The van der Waals surface area contributed by atoms with Gasteiger partial charge in [0.05, 0.1) is 4.92 Å². The Bertz CT molecular complexity index is 482. The zero-order valence-electron chi connectivity index (χ0n) is 11.4. The Morgan fingerprint density at radius 1 is 1.40 bits per heavy atom. The number of hydrogen-bond acceptors (Lipinski definition) is 7. The number of anilines is 2. The molecule has 0 aromatic carbocycles. The molecule has 1 fully saturated rings. The van der Waals surface area contributed by atoms with Gasteiger partial charge in [-0.2, -0.15) is 0 Å². The zero-order chi connectivity index (χ0) is 14.5. The molecule has 1 aliphatic carbocycles. The average molecular weight is 281 g/mol. The molecule has 0 bridgehead atoms. The number of nitro groups is 1. The third-order valence-electron chi connectivity index (χ3n) is 3.82. The standard InChI is InChI=1S/C12H19N5O3/c1-13-11-10(17(19)20)12(16-7-15-11)14-5-8-3-2-4-9(8)6-18/h7-9,18H,2-6H2,1H3,(H2,13,14,15,16). The van der Waals surface area contributed by atoms with Gasteiger partial charge in [0.2, 0.25) is 11.6 Å². The van der Waals surface area contributed by atoms with Crippen molar-refractivity contribution in [1.82, 2.24) is 9.97 Å². The topological polar surface area (TPSA) is 113 Å². The average Bonchev–Trinajstić information content (AvgIpc) is 2.91. The maximum Gasteiger partial charge on any atom is 0.353 e. The van der Waals surface area contributed by atoms with Gasteiger partial charge in [0.15, 0.2) is 0 Å². The Labute approximate surface area is 116 Å². The fourth-order valence-electron chi connectivity index (χ4n) is 2.71. The molecule has 1 saturated carbocycles. The first kappa shape index (κ1) is 14.4. The van der Waals surface area contributed by atoms with Crippen LogP contribution in [0.5, 0.6) is 0 Å². The van der Waals surface area contributed by atoms with E-state index in [1.807, 2.05) is 0 Å². The van der Waals surface area contributed by atoms with Crippen molar-refractivity contribution >= 4 is 17.3 Å². The molecular formula is C12H19N5O3. The van der Waals surface area contributed by atoms with Crippen molar-refractivity contribution in [3.8, 4) is 0 Å². The molecule has 2 unspecified atom stereocenters. The number of aliphatic hydroxyl groups excluding tert-OH is 1. The summed E-state index contributed by atoms with van der Waals surface area (Å²) in [5, 5.41) is 26.1. The molecule has 1 aromatic rings. The van der Waals surface area contributed by atoms with Crippen LogP contribution in [-0.2, 0) is 0 Å². The van der Waals surface area contributed by atoms with Gasteiger partial charge in [0.1, 0.15) is 6.33 Å². The van der Waals surface area contributed by atoms with Crippen LogP contribution < -0.4 is 10.6 Å². The van der Waals surface area contributed by atoms with E-state index in [-0.39, 0.29) is 29.8 Å². The molecule has 2 rings (SSSR count). The van der Waals surface area contributed by atoms with Crippen LogP contribution >= 0.6 is 0 Å². The normalized spacial score (nSPS) is 21.7. The van der Waals surface area contributed by atoms with Gasteiger partial charge in [0, 0.05) is 20.2 Å². The van der Waals surface area contributed by atoms with E-state index in [9.17, 15) is 15.2 Å². The molecule has 20 heavy (non-hydrogen) atoms. The molecule has 8 nitrogen and oxygen atoms in total. The molecule has 0 amide bonds. The predicted octanol–water partition coefficient (Wildman–Crippen LogP) is 1.25. The van der Waals surface area contributed by atoms with Gasteiger partial charge in [-0.25, -0.2) is 9.97 Å². The highest BCUT2D eigenvalue weighted by Gasteiger charge is 2.28. The lowest BCUT2D eigenvalue weighted by atomic mass is 9.97. The fourth-order valence-corrected chi connectivity index (χ4v) is 2.71. The Hall–Kier alpha value is -1.96. The first-order valence-electron chi connectivity index (χ1n) is 6.69. The minimum absolute atomic E-state index is 0.145. The molecule has 1 aliphatic rings. The van der Waals surface area contributed by atoms with E-state index in [0.29, 0.717) is 12.5 Å². The number of aliphatic hydroxyl groups is 1. The second-order valence-corrected chi connectivity index (χ2v) is 4.94. The summed E-state index contributed by atoms with van der Waals surface area (Å²) in [5.74, 6) is 1.01. The van der Waals surface area contributed by atoms with Crippen LogP contribution in [0, 0.1) is 22.0 Å². The summed E-state index contributed by atoms with van der Waals surface area (Å²) in [6, 6.07) is 0. The molecule has 8 heteroatoms.